The first kappa shape index (κ1) is 16.0. The normalized spacial score (nSPS) is 12.4. The van der Waals surface area contributed by atoms with E-state index in [1.807, 2.05) is 0 Å². The van der Waals surface area contributed by atoms with E-state index < -0.39 is 0 Å². The molecule has 0 aromatic heterocycles. The topological polar surface area (TPSA) is 47.3 Å². The van der Waals surface area contributed by atoms with Gasteiger partial charge in [-0.2, -0.15) is 0 Å². The number of hydrogen-bond acceptors (Lipinski definition) is 3. The van der Waals surface area contributed by atoms with Gasteiger partial charge in [-0.05, 0) is 55.6 Å². The van der Waals surface area contributed by atoms with Crippen LogP contribution in [0.4, 0.5) is 0 Å². The van der Waals surface area contributed by atoms with Gasteiger partial charge >= 0.3 is 0 Å². The van der Waals surface area contributed by atoms with Crippen LogP contribution in [0.5, 0.6) is 5.75 Å². The Kier molecular flexibility index (Phi) is 7.53. The van der Waals surface area contributed by atoms with Crippen molar-refractivity contribution < 1.29 is 4.74 Å². The van der Waals surface area contributed by atoms with Crippen LogP contribution < -0.4 is 15.8 Å². The molecule has 1 atom stereocenters. The minimum atomic E-state index is 0.599. The highest BCUT2D eigenvalue weighted by atomic mass is 16.5. The fourth-order valence-corrected chi connectivity index (χ4v) is 2.20. The van der Waals surface area contributed by atoms with Gasteiger partial charge in [-0.25, -0.2) is 0 Å². The van der Waals surface area contributed by atoms with E-state index in [0.29, 0.717) is 5.92 Å². The van der Waals surface area contributed by atoms with Gasteiger partial charge in [0.1, 0.15) is 5.75 Å². The van der Waals surface area contributed by atoms with Gasteiger partial charge in [0.2, 0.25) is 0 Å². The van der Waals surface area contributed by atoms with Crippen LogP contribution in [0.1, 0.15) is 31.4 Å². The summed E-state index contributed by atoms with van der Waals surface area (Å²) in [6, 6.07) is 6.48. The van der Waals surface area contributed by atoms with E-state index in [9.17, 15) is 0 Å². The van der Waals surface area contributed by atoms with Crippen LogP contribution in [0.25, 0.3) is 0 Å². The lowest BCUT2D eigenvalue weighted by atomic mass is 10.0. The molecule has 1 aromatic carbocycles. The SMILES string of the molecule is CCc1cc(CCNCC(CC)CN)ccc1OC. The lowest BCUT2D eigenvalue weighted by Crippen LogP contribution is -2.29. The molecule has 3 heteroatoms. The molecule has 0 heterocycles. The molecule has 0 spiro atoms. The Bertz CT molecular complexity index is 362. The Balaban J connectivity index is 2.41. The fraction of sp³-hybridized carbons (Fsp3) is 0.625. The van der Waals surface area contributed by atoms with E-state index in [-0.39, 0.29) is 0 Å². The molecule has 3 nitrogen and oxygen atoms in total. The van der Waals surface area contributed by atoms with Gasteiger partial charge in [0.05, 0.1) is 7.11 Å². The van der Waals surface area contributed by atoms with Crippen molar-refractivity contribution in [3.63, 3.8) is 0 Å². The second-order valence-corrected chi connectivity index (χ2v) is 4.96. The number of methoxy groups -OCH3 is 1. The quantitative estimate of drug-likeness (QED) is 0.673. The molecular formula is C16H28N2O. The third-order valence-electron chi connectivity index (χ3n) is 3.66. The third-order valence-corrected chi connectivity index (χ3v) is 3.66. The molecule has 3 N–H and O–H groups in total. The molecule has 0 saturated heterocycles. The van der Waals surface area contributed by atoms with Crippen molar-refractivity contribution in [1.29, 1.82) is 0 Å². The molecule has 1 rings (SSSR count). The van der Waals surface area contributed by atoms with Gasteiger partial charge in [-0.3, -0.25) is 0 Å². The van der Waals surface area contributed by atoms with Crippen LogP contribution in [-0.4, -0.2) is 26.7 Å². The van der Waals surface area contributed by atoms with Crippen LogP contribution in [-0.2, 0) is 12.8 Å². The molecule has 108 valence electrons. The number of nitrogens with two attached hydrogens (primary N) is 1. The molecule has 0 bridgehead atoms. The highest BCUT2D eigenvalue weighted by molar-refractivity contribution is 5.37. The van der Waals surface area contributed by atoms with Crippen molar-refractivity contribution in [2.45, 2.75) is 33.1 Å². The first-order valence-electron chi connectivity index (χ1n) is 7.31. The minimum Gasteiger partial charge on any atom is -0.496 e. The standard InChI is InChI=1S/C16H28N2O/c1-4-13(11-17)12-18-9-8-14-6-7-16(19-3)15(5-2)10-14/h6-7,10,13,18H,4-5,8-9,11-12,17H2,1-3H3. The average Bonchev–Trinajstić information content (AvgIpc) is 2.47. The smallest absolute Gasteiger partial charge is 0.122 e. The van der Waals surface area contributed by atoms with Gasteiger partial charge in [0.25, 0.3) is 0 Å². The van der Waals surface area contributed by atoms with Gasteiger partial charge in [0.15, 0.2) is 0 Å². The Morgan fingerprint density at radius 2 is 2.11 bits per heavy atom. The van der Waals surface area contributed by atoms with Crippen molar-refractivity contribution in [1.82, 2.24) is 5.32 Å². The van der Waals surface area contributed by atoms with Crippen LogP contribution in [0, 0.1) is 5.92 Å². The van der Waals surface area contributed by atoms with Crippen LogP contribution in [0.3, 0.4) is 0 Å². The number of nitrogens with one attached hydrogen (secondary N) is 1. The minimum absolute atomic E-state index is 0.599. The molecule has 0 aliphatic heterocycles. The van der Waals surface area contributed by atoms with E-state index in [1.54, 1.807) is 7.11 Å². The molecule has 0 radical (unpaired) electrons. The van der Waals surface area contributed by atoms with Crippen molar-refractivity contribution >= 4 is 0 Å². The first-order chi connectivity index (χ1) is 9.24. The van der Waals surface area contributed by atoms with E-state index >= 15 is 0 Å². The molecule has 1 aromatic rings. The maximum absolute atomic E-state index is 5.69. The second-order valence-electron chi connectivity index (χ2n) is 4.96. The van der Waals surface area contributed by atoms with Gasteiger partial charge in [-0.15, -0.1) is 0 Å². The van der Waals surface area contributed by atoms with E-state index in [0.717, 1.165) is 44.6 Å². The van der Waals surface area contributed by atoms with Gasteiger partial charge in [0, 0.05) is 0 Å². The Hall–Kier alpha value is -1.06. The zero-order valence-corrected chi connectivity index (χ0v) is 12.5. The summed E-state index contributed by atoms with van der Waals surface area (Å²) in [5.74, 6) is 1.59. The summed E-state index contributed by atoms with van der Waals surface area (Å²) in [5, 5.41) is 3.49. The Labute approximate surface area is 117 Å². The highest BCUT2D eigenvalue weighted by Crippen LogP contribution is 2.20. The van der Waals surface area contributed by atoms with E-state index in [1.165, 1.54) is 11.1 Å². The summed E-state index contributed by atoms with van der Waals surface area (Å²) >= 11 is 0. The number of ether oxygens (including phenoxy) is 1. The third kappa shape index (κ3) is 5.21. The summed E-state index contributed by atoms with van der Waals surface area (Å²) in [6.07, 6.45) is 3.21. The Morgan fingerprint density at radius 3 is 2.68 bits per heavy atom. The fourth-order valence-electron chi connectivity index (χ4n) is 2.20. The first-order valence-corrected chi connectivity index (χ1v) is 7.31. The summed E-state index contributed by atoms with van der Waals surface area (Å²) in [5.41, 5.74) is 8.34. The number of rotatable bonds is 9. The molecule has 0 saturated carbocycles. The van der Waals surface area contributed by atoms with Crippen LogP contribution >= 0.6 is 0 Å². The molecule has 0 aliphatic carbocycles. The van der Waals surface area contributed by atoms with Crippen LogP contribution in [0.15, 0.2) is 18.2 Å². The lowest BCUT2D eigenvalue weighted by Gasteiger charge is -2.13. The summed E-state index contributed by atoms with van der Waals surface area (Å²) in [7, 11) is 1.73. The molecule has 0 fully saturated rings. The number of hydrogen-bond donors (Lipinski definition) is 2. The zero-order valence-electron chi connectivity index (χ0n) is 12.5. The van der Waals surface area contributed by atoms with Crippen LogP contribution in [0.2, 0.25) is 0 Å². The van der Waals surface area contributed by atoms with Crippen molar-refractivity contribution in [2.24, 2.45) is 11.7 Å². The largest absolute Gasteiger partial charge is 0.496 e. The maximum atomic E-state index is 5.69. The summed E-state index contributed by atoms with van der Waals surface area (Å²) in [4.78, 5) is 0. The molecule has 0 aliphatic rings. The molecule has 1 unspecified atom stereocenters. The van der Waals surface area contributed by atoms with Gasteiger partial charge in [-0.1, -0.05) is 32.4 Å². The van der Waals surface area contributed by atoms with Crippen molar-refractivity contribution in [3.8, 4) is 5.75 Å². The second kappa shape index (κ2) is 8.94. The zero-order chi connectivity index (χ0) is 14.1. The van der Waals surface area contributed by atoms with Crippen molar-refractivity contribution in [3.05, 3.63) is 29.3 Å². The van der Waals surface area contributed by atoms with E-state index in [4.69, 9.17) is 10.5 Å². The summed E-state index contributed by atoms with van der Waals surface area (Å²) < 4.78 is 5.35. The predicted molar refractivity (Wildman–Crippen MR) is 81.8 cm³/mol. The average molecular weight is 264 g/mol. The maximum Gasteiger partial charge on any atom is 0.122 e. The number of aryl methyl sites for hydroxylation is 1. The molecular weight excluding hydrogens is 236 g/mol. The molecule has 19 heavy (non-hydrogen) atoms. The molecule has 0 amide bonds. The monoisotopic (exact) mass is 264 g/mol. The number of benzene rings is 1. The lowest BCUT2D eigenvalue weighted by molar-refractivity contribution is 0.410. The highest BCUT2D eigenvalue weighted by Gasteiger charge is 2.04. The predicted octanol–water partition coefficient (Wildman–Crippen LogP) is 2.37. The van der Waals surface area contributed by atoms with E-state index in [2.05, 4.69) is 37.4 Å². The summed E-state index contributed by atoms with van der Waals surface area (Å²) in [6.45, 7) is 7.14. The van der Waals surface area contributed by atoms with Gasteiger partial charge < -0.3 is 15.8 Å². The van der Waals surface area contributed by atoms with Crippen molar-refractivity contribution in [2.75, 3.05) is 26.7 Å². The Morgan fingerprint density at radius 1 is 1.32 bits per heavy atom.